The SMILES string of the molecule is CC1CCN(C(C(N)=S)c2cccc(O)c2)CC1. The first kappa shape index (κ1) is 13.3. The lowest BCUT2D eigenvalue weighted by molar-refractivity contribution is 0.171. The zero-order valence-corrected chi connectivity index (χ0v) is 11.5. The van der Waals surface area contributed by atoms with Crippen LogP contribution in [0.15, 0.2) is 24.3 Å². The number of aromatic hydroxyl groups is 1. The molecule has 0 radical (unpaired) electrons. The third-order valence-corrected chi connectivity index (χ3v) is 3.86. The number of benzene rings is 1. The monoisotopic (exact) mass is 264 g/mol. The van der Waals surface area contributed by atoms with Crippen molar-refractivity contribution >= 4 is 17.2 Å². The topological polar surface area (TPSA) is 49.5 Å². The van der Waals surface area contributed by atoms with E-state index in [1.807, 2.05) is 12.1 Å². The van der Waals surface area contributed by atoms with Gasteiger partial charge in [-0.1, -0.05) is 31.3 Å². The van der Waals surface area contributed by atoms with Crippen molar-refractivity contribution in [3.05, 3.63) is 29.8 Å². The van der Waals surface area contributed by atoms with Crippen LogP contribution in [-0.4, -0.2) is 28.1 Å². The first-order valence-corrected chi connectivity index (χ1v) is 6.81. The number of phenols is 1. The second-order valence-electron chi connectivity index (χ2n) is 5.12. The van der Waals surface area contributed by atoms with Gasteiger partial charge in [0, 0.05) is 0 Å². The molecule has 1 unspecified atom stereocenters. The highest BCUT2D eigenvalue weighted by atomic mass is 32.1. The number of thiocarbonyl (C=S) groups is 1. The van der Waals surface area contributed by atoms with E-state index < -0.39 is 0 Å². The van der Waals surface area contributed by atoms with Crippen LogP contribution >= 0.6 is 12.2 Å². The van der Waals surface area contributed by atoms with E-state index in [0.717, 1.165) is 24.6 Å². The Morgan fingerprint density at radius 1 is 1.44 bits per heavy atom. The number of likely N-dealkylation sites (tertiary alicyclic amines) is 1. The van der Waals surface area contributed by atoms with E-state index in [0.29, 0.717) is 4.99 Å². The van der Waals surface area contributed by atoms with Crippen LogP contribution in [0.25, 0.3) is 0 Å². The lowest BCUT2D eigenvalue weighted by Crippen LogP contribution is -2.41. The van der Waals surface area contributed by atoms with Crippen molar-refractivity contribution in [3.8, 4) is 5.75 Å². The van der Waals surface area contributed by atoms with Gasteiger partial charge in [-0.2, -0.15) is 0 Å². The van der Waals surface area contributed by atoms with E-state index in [1.165, 1.54) is 12.8 Å². The third-order valence-electron chi connectivity index (χ3n) is 3.64. The van der Waals surface area contributed by atoms with E-state index in [2.05, 4.69) is 11.8 Å². The van der Waals surface area contributed by atoms with Crippen molar-refractivity contribution in [2.75, 3.05) is 13.1 Å². The van der Waals surface area contributed by atoms with E-state index in [-0.39, 0.29) is 11.8 Å². The normalized spacial score (nSPS) is 19.6. The fourth-order valence-electron chi connectivity index (χ4n) is 2.54. The molecule has 1 aromatic carbocycles. The van der Waals surface area contributed by atoms with Gasteiger partial charge in [-0.05, 0) is 49.5 Å². The van der Waals surface area contributed by atoms with Crippen LogP contribution in [0.4, 0.5) is 0 Å². The molecule has 1 aliphatic heterocycles. The molecular formula is C14H20N2OS. The molecule has 0 bridgehead atoms. The van der Waals surface area contributed by atoms with Gasteiger partial charge < -0.3 is 10.8 Å². The number of piperidine rings is 1. The highest BCUT2D eigenvalue weighted by Gasteiger charge is 2.26. The Kier molecular flexibility index (Phi) is 4.19. The molecule has 98 valence electrons. The Labute approximate surface area is 114 Å². The van der Waals surface area contributed by atoms with E-state index in [4.69, 9.17) is 18.0 Å². The molecule has 3 N–H and O–H groups in total. The van der Waals surface area contributed by atoms with Crippen LogP contribution in [0.2, 0.25) is 0 Å². The largest absolute Gasteiger partial charge is 0.508 e. The van der Waals surface area contributed by atoms with Crippen molar-refractivity contribution in [2.45, 2.75) is 25.8 Å². The van der Waals surface area contributed by atoms with Gasteiger partial charge in [0.1, 0.15) is 5.75 Å². The molecule has 0 saturated carbocycles. The van der Waals surface area contributed by atoms with Crippen molar-refractivity contribution < 1.29 is 5.11 Å². The van der Waals surface area contributed by atoms with E-state index >= 15 is 0 Å². The molecule has 0 amide bonds. The zero-order chi connectivity index (χ0) is 13.1. The lowest BCUT2D eigenvalue weighted by atomic mass is 9.95. The second kappa shape index (κ2) is 5.67. The molecule has 1 aliphatic rings. The van der Waals surface area contributed by atoms with Crippen molar-refractivity contribution in [2.24, 2.45) is 11.7 Å². The summed E-state index contributed by atoms with van der Waals surface area (Å²) in [6, 6.07) is 7.17. The van der Waals surface area contributed by atoms with Gasteiger partial charge in [-0.25, -0.2) is 0 Å². The summed E-state index contributed by atoms with van der Waals surface area (Å²) in [5.41, 5.74) is 6.88. The van der Waals surface area contributed by atoms with Crippen molar-refractivity contribution in [1.82, 2.24) is 4.90 Å². The van der Waals surface area contributed by atoms with Gasteiger partial charge in [-0.15, -0.1) is 0 Å². The summed E-state index contributed by atoms with van der Waals surface area (Å²) >= 11 is 5.21. The van der Waals surface area contributed by atoms with Crippen LogP contribution in [0.5, 0.6) is 5.75 Å². The maximum absolute atomic E-state index is 9.58. The van der Waals surface area contributed by atoms with Crippen LogP contribution < -0.4 is 5.73 Å². The Morgan fingerprint density at radius 3 is 2.67 bits per heavy atom. The smallest absolute Gasteiger partial charge is 0.115 e. The molecule has 18 heavy (non-hydrogen) atoms. The standard InChI is InChI=1S/C14H20N2OS/c1-10-5-7-16(8-6-10)13(14(15)18)11-3-2-4-12(17)9-11/h2-4,9-10,13,17H,5-8H2,1H3,(H2,15,18). The number of hydrogen-bond donors (Lipinski definition) is 2. The van der Waals surface area contributed by atoms with Gasteiger partial charge in [0.15, 0.2) is 0 Å². The average Bonchev–Trinajstić information content (AvgIpc) is 2.32. The fraction of sp³-hybridized carbons (Fsp3) is 0.500. The number of nitrogens with zero attached hydrogens (tertiary/aromatic N) is 1. The molecule has 1 saturated heterocycles. The van der Waals surface area contributed by atoms with Crippen LogP contribution in [0.3, 0.4) is 0 Å². The highest BCUT2D eigenvalue weighted by molar-refractivity contribution is 7.80. The van der Waals surface area contributed by atoms with Crippen LogP contribution in [0.1, 0.15) is 31.4 Å². The van der Waals surface area contributed by atoms with E-state index in [1.54, 1.807) is 12.1 Å². The first-order chi connectivity index (χ1) is 8.58. The van der Waals surface area contributed by atoms with E-state index in [9.17, 15) is 5.11 Å². The minimum absolute atomic E-state index is 0.0559. The Morgan fingerprint density at radius 2 is 2.11 bits per heavy atom. The molecule has 1 heterocycles. The predicted molar refractivity (Wildman–Crippen MR) is 77.6 cm³/mol. The van der Waals surface area contributed by atoms with Gasteiger partial charge in [0.05, 0.1) is 11.0 Å². The number of nitrogens with two attached hydrogens (primary N) is 1. The maximum Gasteiger partial charge on any atom is 0.115 e. The molecule has 1 atom stereocenters. The second-order valence-corrected chi connectivity index (χ2v) is 5.59. The Hall–Kier alpha value is -1.13. The summed E-state index contributed by atoms with van der Waals surface area (Å²) < 4.78 is 0. The summed E-state index contributed by atoms with van der Waals surface area (Å²) in [5.74, 6) is 1.04. The summed E-state index contributed by atoms with van der Waals surface area (Å²) in [6.45, 7) is 4.30. The van der Waals surface area contributed by atoms with Crippen LogP contribution in [-0.2, 0) is 0 Å². The molecule has 1 fully saturated rings. The van der Waals surface area contributed by atoms with Gasteiger partial charge in [-0.3, -0.25) is 4.90 Å². The quantitative estimate of drug-likeness (QED) is 0.823. The van der Waals surface area contributed by atoms with Crippen molar-refractivity contribution in [3.63, 3.8) is 0 Å². The molecule has 0 aliphatic carbocycles. The lowest BCUT2D eigenvalue weighted by Gasteiger charge is -2.36. The third kappa shape index (κ3) is 3.00. The highest BCUT2D eigenvalue weighted by Crippen LogP contribution is 2.28. The number of rotatable bonds is 3. The summed E-state index contributed by atoms with van der Waals surface area (Å²) in [5, 5.41) is 9.58. The summed E-state index contributed by atoms with van der Waals surface area (Å²) in [7, 11) is 0. The van der Waals surface area contributed by atoms with Gasteiger partial charge >= 0.3 is 0 Å². The predicted octanol–water partition coefficient (Wildman–Crippen LogP) is 2.45. The van der Waals surface area contributed by atoms with Crippen LogP contribution in [0, 0.1) is 5.92 Å². The van der Waals surface area contributed by atoms with Gasteiger partial charge in [0.2, 0.25) is 0 Å². The summed E-state index contributed by atoms with van der Waals surface area (Å²) in [4.78, 5) is 2.80. The molecule has 2 rings (SSSR count). The van der Waals surface area contributed by atoms with Gasteiger partial charge in [0.25, 0.3) is 0 Å². The Balaban J connectivity index is 2.21. The minimum Gasteiger partial charge on any atom is -0.508 e. The van der Waals surface area contributed by atoms with Crippen molar-refractivity contribution in [1.29, 1.82) is 0 Å². The molecule has 4 heteroatoms. The molecule has 0 aromatic heterocycles. The molecule has 1 aromatic rings. The zero-order valence-electron chi connectivity index (χ0n) is 10.7. The molecular weight excluding hydrogens is 244 g/mol. The Bertz CT molecular complexity index is 428. The average molecular weight is 264 g/mol. The first-order valence-electron chi connectivity index (χ1n) is 6.40. The number of hydrogen-bond acceptors (Lipinski definition) is 3. The maximum atomic E-state index is 9.58. The minimum atomic E-state index is -0.0559. The molecule has 0 spiro atoms. The molecule has 3 nitrogen and oxygen atoms in total. The summed E-state index contributed by atoms with van der Waals surface area (Å²) in [6.07, 6.45) is 2.36. The number of phenolic OH excluding ortho intramolecular Hbond substituents is 1. The fourth-order valence-corrected chi connectivity index (χ4v) is 2.82.